The van der Waals surface area contributed by atoms with Crippen LogP contribution in [0.5, 0.6) is 0 Å². The van der Waals surface area contributed by atoms with Crippen molar-refractivity contribution in [2.45, 2.75) is 0 Å². The van der Waals surface area contributed by atoms with E-state index in [0.29, 0.717) is 33.2 Å². The quantitative estimate of drug-likeness (QED) is 0.533. The van der Waals surface area contributed by atoms with Gasteiger partial charge in [0.05, 0.1) is 36.4 Å². The van der Waals surface area contributed by atoms with E-state index in [9.17, 15) is 9.59 Å². The fourth-order valence-electron chi connectivity index (χ4n) is 2.27. The van der Waals surface area contributed by atoms with E-state index >= 15 is 0 Å². The predicted octanol–water partition coefficient (Wildman–Crippen LogP) is 2.36. The average molecular weight is 296 g/mol. The van der Waals surface area contributed by atoms with Gasteiger partial charge in [-0.15, -0.1) is 0 Å². The molecule has 0 unspecified atom stereocenters. The molecule has 0 saturated heterocycles. The highest BCUT2D eigenvalue weighted by Crippen LogP contribution is 2.22. The maximum atomic E-state index is 11.9. The lowest BCUT2D eigenvalue weighted by Crippen LogP contribution is -2.06. The molecular formula is C16H12N2O4. The highest BCUT2D eigenvalue weighted by atomic mass is 16.5. The van der Waals surface area contributed by atoms with Crippen LogP contribution in [0.25, 0.3) is 22.1 Å². The number of benzene rings is 2. The second kappa shape index (κ2) is 5.40. The summed E-state index contributed by atoms with van der Waals surface area (Å²) in [6.07, 6.45) is 0. The van der Waals surface area contributed by atoms with Crippen molar-refractivity contribution in [3.63, 3.8) is 0 Å². The standard InChI is InChI=1S/C16H12N2O4/c1-21-15(19)9-5-3-7-11-13(9)18-14-10(16(20)22-2)6-4-8-12(14)17-11/h3-8H,1-2H3. The normalized spacial score (nSPS) is 10.6. The number of carbonyl (C=O) groups is 2. The van der Waals surface area contributed by atoms with E-state index in [-0.39, 0.29) is 0 Å². The predicted molar refractivity (Wildman–Crippen MR) is 79.7 cm³/mol. The fourth-order valence-corrected chi connectivity index (χ4v) is 2.27. The van der Waals surface area contributed by atoms with Gasteiger partial charge in [0, 0.05) is 0 Å². The zero-order valence-electron chi connectivity index (χ0n) is 12.0. The molecule has 3 aromatic rings. The van der Waals surface area contributed by atoms with Crippen molar-refractivity contribution in [1.29, 1.82) is 0 Å². The SMILES string of the molecule is COC(=O)c1cccc2nc3cccc(C(=O)OC)c3nc12. The van der Waals surface area contributed by atoms with Crippen LogP contribution in [0, 0.1) is 0 Å². The van der Waals surface area contributed by atoms with Gasteiger partial charge in [-0.2, -0.15) is 0 Å². The molecule has 0 aliphatic heterocycles. The minimum Gasteiger partial charge on any atom is -0.465 e. The van der Waals surface area contributed by atoms with E-state index in [2.05, 4.69) is 9.97 Å². The second-order valence-corrected chi connectivity index (χ2v) is 4.55. The average Bonchev–Trinajstić information content (AvgIpc) is 2.57. The van der Waals surface area contributed by atoms with Crippen LogP contribution in [0.1, 0.15) is 20.7 Å². The zero-order chi connectivity index (χ0) is 15.7. The molecule has 0 atom stereocenters. The maximum absolute atomic E-state index is 11.9. The van der Waals surface area contributed by atoms with Gasteiger partial charge in [-0.05, 0) is 24.3 Å². The molecule has 2 aromatic carbocycles. The Hall–Kier alpha value is -3.02. The first-order chi connectivity index (χ1) is 10.7. The summed E-state index contributed by atoms with van der Waals surface area (Å²) in [7, 11) is 2.60. The van der Waals surface area contributed by atoms with Gasteiger partial charge in [0.25, 0.3) is 0 Å². The molecule has 0 spiro atoms. The van der Waals surface area contributed by atoms with Crippen molar-refractivity contribution in [1.82, 2.24) is 9.97 Å². The Kier molecular flexibility index (Phi) is 3.42. The van der Waals surface area contributed by atoms with Crippen LogP contribution < -0.4 is 0 Å². The molecule has 1 heterocycles. The highest BCUT2D eigenvalue weighted by Gasteiger charge is 2.16. The third-order valence-corrected chi connectivity index (χ3v) is 3.30. The first kappa shape index (κ1) is 13.9. The first-order valence-corrected chi connectivity index (χ1v) is 6.52. The van der Waals surface area contributed by atoms with Gasteiger partial charge < -0.3 is 9.47 Å². The Morgan fingerprint density at radius 1 is 0.773 bits per heavy atom. The number of para-hydroxylation sites is 2. The summed E-state index contributed by atoms with van der Waals surface area (Å²) in [4.78, 5) is 32.6. The summed E-state index contributed by atoms with van der Waals surface area (Å²) in [6, 6.07) is 10.1. The summed E-state index contributed by atoms with van der Waals surface area (Å²) in [6.45, 7) is 0. The molecule has 3 rings (SSSR count). The molecule has 0 N–H and O–H groups in total. The van der Waals surface area contributed by atoms with E-state index in [4.69, 9.17) is 9.47 Å². The Morgan fingerprint density at radius 3 is 1.64 bits per heavy atom. The summed E-state index contributed by atoms with van der Waals surface area (Å²) < 4.78 is 9.51. The van der Waals surface area contributed by atoms with Crippen LogP contribution in [0.15, 0.2) is 36.4 Å². The number of hydrogen-bond donors (Lipinski definition) is 0. The van der Waals surface area contributed by atoms with Crippen LogP contribution in [0.4, 0.5) is 0 Å². The Bertz CT molecular complexity index is 834. The van der Waals surface area contributed by atoms with Gasteiger partial charge in [-0.3, -0.25) is 0 Å². The molecule has 0 saturated carbocycles. The largest absolute Gasteiger partial charge is 0.465 e. The van der Waals surface area contributed by atoms with Crippen LogP contribution in [0.2, 0.25) is 0 Å². The van der Waals surface area contributed by atoms with Gasteiger partial charge in [0.2, 0.25) is 0 Å². The molecule has 1 aromatic heterocycles. The molecule has 6 nitrogen and oxygen atoms in total. The molecule has 0 radical (unpaired) electrons. The van der Waals surface area contributed by atoms with Crippen LogP contribution >= 0.6 is 0 Å². The van der Waals surface area contributed by atoms with Crippen molar-refractivity contribution < 1.29 is 19.1 Å². The monoisotopic (exact) mass is 296 g/mol. The van der Waals surface area contributed by atoms with E-state index in [0.717, 1.165) is 0 Å². The smallest absolute Gasteiger partial charge is 0.340 e. The first-order valence-electron chi connectivity index (χ1n) is 6.52. The molecule has 6 heteroatoms. The summed E-state index contributed by atoms with van der Waals surface area (Å²) in [5.74, 6) is -1.01. The molecule has 0 aliphatic carbocycles. The van der Waals surface area contributed by atoms with Gasteiger partial charge in [0.15, 0.2) is 0 Å². The van der Waals surface area contributed by atoms with Gasteiger partial charge in [-0.1, -0.05) is 12.1 Å². The van der Waals surface area contributed by atoms with E-state index in [1.165, 1.54) is 14.2 Å². The lowest BCUT2D eigenvalue weighted by Gasteiger charge is -2.07. The Morgan fingerprint density at radius 2 is 1.23 bits per heavy atom. The number of methoxy groups -OCH3 is 2. The minimum absolute atomic E-state index is 0.300. The number of nitrogens with zero attached hydrogens (tertiary/aromatic N) is 2. The van der Waals surface area contributed by atoms with Gasteiger partial charge in [0.1, 0.15) is 11.0 Å². The third kappa shape index (κ3) is 2.14. The van der Waals surface area contributed by atoms with Crippen LogP contribution in [-0.4, -0.2) is 36.1 Å². The number of esters is 2. The summed E-state index contributed by atoms with van der Waals surface area (Å²) in [5.41, 5.74) is 2.48. The number of hydrogen-bond acceptors (Lipinski definition) is 6. The van der Waals surface area contributed by atoms with E-state index in [1.807, 2.05) is 0 Å². The Labute approximate surface area is 125 Å². The van der Waals surface area contributed by atoms with Crippen molar-refractivity contribution >= 4 is 34.0 Å². The third-order valence-electron chi connectivity index (χ3n) is 3.30. The molecule has 0 fully saturated rings. The van der Waals surface area contributed by atoms with Crippen molar-refractivity contribution in [2.24, 2.45) is 0 Å². The summed E-state index contributed by atoms with van der Waals surface area (Å²) >= 11 is 0. The molecular weight excluding hydrogens is 284 g/mol. The van der Waals surface area contributed by atoms with Gasteiger partial charge in [-0.25, -0.2) is 19.6 Å². The topological polar surface area (TPSA) is 78.4 Å². The maximum Gasteiger partial charge on any atom is 0.340 e. The van der Waals surface area contributed by atoms with Crippen molar-refractivity contribution in [2.75, 3.05) is 14.2 Å². The van der Waals surface area contributed by atoms with Crippen LogP contribution in [-0.2, 0) is 9.47 Å². The number of rotatable bonds is 2. The zero-order valence-corrected chi connectivity index (χ0v) is 12.0. The summed E-state index contributed by atoms with van der Waals surface area (Å²) in [5, 5.41) is 0. The molecule has 0 amide bonds. The number of fused-ring (bicyclic) bond motifs is 2. The van der Waals surface area contributed by atoms with Gasteiger partial charge >= 0.3 is 11.9 Å². The lowest BCUT2D eigenvalue weighted by atomic mass is 10.1. The van der Waals surface area contributed by atoms with E-state index < -0.39 is 11.9 Å². The number of carbonyl (C=O) groups excluding carboxylic acids is 2. The highest BCUT2D eigenvalue weighted by molar-refractivity contribution is 6.07. The lowest BCUT2D eigenvalue weighted by molar-refractivity contribution is 0.0594. The van der Waals surface area contributed by atoms with Crippen molar-refractivity contribution in [3.05, 3.63) is 47.5 Å². The molecule has 0 aliphatic rings. The number of ether oxygens (including phenoxy) is 2. The van der Waals surface area contributed by atoms with E-state index in [1.54, 1.807) is 36.4 Å². The fraction of sp³-hybridized carbons (Fsp3) is 0.125. The number of aromatic nitrogens is 2. The minimum atomic E-state index is -0.505. The van der Waals surface area contributed by atoms with Crippen molar-refractivity contribution in [3.8, 4) is 0 Å². The molecule has 22 heavy (non-hydrogen) atoms. The van der Waals surface area contributed by atoms with Crippen LogP contribution in [0.3, 0.4) is 0 Å². The Balaban J connectivity index is 2.39. The second-order valence-electron chi connectivity index (χ2n) is 4.55. The molecule has 0 bridgehead atoms. The molecule has 110 valence electrons.